The van der Waals surface area contributed by atoms with Gasteiger partial charge in [-0.2, -0.15) is 11.8 Å². The van der Waals surface area contributed by atoms with Crippen LogP contribution < -0.4 is 0 Å². The second-order valence-corrected chi connectivity index (χ2v) is 5.73. The van der Waals surface area contributed by atoms with Gasteiger partial charge in [-0.3, -0.25) is 4.79 Å². The summed E-state index contributed by atoms with van der Waals surface area (Å²) in [6.07, 6.45) is 4.17. The molecule has 1 unspecified atom stereocenters. The molecule has 88 valence electrons. The van der Waals surface area contributed by atoms with Gasteiger partial charge in [0.15, 0.2) is 0 Å². The lowest BCUT2D eigenvalue weighted by atomic mass is 10.3. The molecule has 1 heterocycles. The summed E-state index contributed by atoms with van der Waals surface area (Å²) in [6, 6.07) is 0. The first kappa shape index (κ1) is 12.8. The van der Waals surface area contributed by atoms with Crippen molar-refractivity contribution in [1.82, 2.24) is 4.90 Å². The Bertz CT molecular complexity index is 193. The smallest absolute Gasteiger partial charge is 0.304 e. The number of carboxylic acids is 1. The molecule has 0 amide bonds. The average Bonchev–Trinajstić information content (AvgIpc) is 2.63. The summed E-state index contributed by atoms with van der Waals surface area (Å²) in [5, 5.41) is 8.84. The summed E-state index contributed by atoms with van der Waals surface area (Å²) in [4.78, 5) is 12.9. The highest BCUT2D eigenvalue weighted by Gasteiger charge is 2.11. The number of hydrogen-bond acceptors (Lipinski definition) is 3. The maximum Gasteiger partial charge on any atom is 0.304 e. The highest BCUT2D eigenvalue weighted by Crippen LogP contribution is 2.16. The molecule has 1 atom stereocenters. The van der Waals surface area contributed by atoms with Crippen LogP contribution in [0.15, 0.2) is 0 Å². The second kappa shape index (κ2) is 7.12. The SMILES string of the molecule is CC(CC(=O)O)SCCCN1CCCC1. The molecular formula is C11H21NO2S. The van der Waals surface area contributed by atoms with Gasteiger partial charge in [-0.25, -0.2) is 0 Å². The molecule has 1 aliphatic heterocycles. The Morgan fingerprint density at radius 1 is 1.47 bits per heavy atom. The van der Waals surface area contributed by atoms with Gasteiger partial charge in [-0.15, -0.1) is 0 Å². The molecule has 0 spiro atoms. The minimum atomic E-state index is -0.686. The fourth-order valence-electron chi connectivity index (χ4n) is 1.88. The topological polar surface area (TPSA) is 40.5 Å². The summed E-state index contributed by atoms with van der Waals surface area (Å²) in [5.74, 6) is 0.403. The number of rotatable bonds is 7. The quantitative estimate of drug-likeness (QED) is 0.681. The van der Waals surface area contributed by atoms with Crippen molar-refractivity contribution in [2.45, 2.75) is 37.9 Å². The van der Waals surface area contributed by atoms with Crippen molar-refractivity contribution in [2.75, 3.05) is 25.4 Å². The molecule has 1 N–H and O–H groups in total. The van der Waals surface area contributed by atoms with E-state index in [9.17, 15) is 4.79 Å². The van der Waals surface area contributed by atoms with Gasteiger partial charge in [0.25, 0.3) is 0 Å². The van der Waals surface area contributed by atoms with E-state index in [0.29, 0.717) is 0 Å². The third-order valence-corrected chi connectivity index (χ3v) is 3.94. The van der Waals surface area contributed by atoms with Crippen molar-refractivity contribution < 1.29 is 9.90 Å². The summed E-state index contributed by atoms with van der Waals surface area (Å²) in [6.45, 7) is 5.70. The Labute approximate surface area is 96.2 Å². The van der Waals surface area contributed by atoms with Crippen LogP contribution in [0.4, 0.5) is 0 Å². The molecule has 4 heteroatoms. The Morgan fingerprint density at radius 2 is 2.13 bits per heavy atom. The Kier molecular flexibility index (Phi) is 6.10. The predicted molar refractivity (Wildman–Crippen MR) is 64.5 cm³/mol. The van der Waals surface area contributed by atoms with Crippen LogP contribution in [0.25, 0.3) is 0 Å². The molecule has 1 fully saturated rings. The molecule has 0 bridgehead atoms. The molecule has 0 aromatic carbocycles. The fraction of sp³-hybridized carbons (Fsp3) is 0.909. The van der Waals surface area contributed by atoms with Crippen LogP contribution in [-0.2, 0) is 4.79 Å². The van der Waals surface area contributed by atoms with Gasteiger partial charge in [0.2, 0.25) is 0 Å². The van der Waals surface area contributed by atoms with Gasteiger partial charge in [0, 0.05) is 5.25 Å². The highest BCUT2D eigenvalue weighted by molar-refractivity contribution is 7.99. The number of hydrogen-bond donors (Lipinski definition) is 1. The first-order valence-corrected chi connectivity index (χ1v) is 6.79. The van der Waals surface area contributed by atoms with Gasteiger partial charge in [-0.1, -0.05) is 6.92 Å². The van der Waals surface area contributed by atoms with Crippen LogP contribution >= 0.6 is 11.8 Å². The van der Waals surface area contributed by atoms with E-state index in [2.05, 4.69) is 4.90 Å². The van der Waals surface area contributed by atoms with E-state index in [0.717, 1.165) is 5.75 Å². The number of likely N-dealkylation sites (tertiary alicyclic amines) is 1. The maximum atomic E-state index is 10.4. The van der Waals surface area contributed by atoms with E-state index < -0.39 is 5.97 Å². The van der Waals surface area contributed by atoms with E-state index >= 15 is 0 Å². The lowest BCUT2D eigenvalue weighted by Gasteiger charge is -2.14. The summed E-state index contributed by atoms with van der Waals surface area (Å²) in [7, 11) is 0. The largest absolute Gasteiger partial charge is 0.481 e. The van der Waals surface area contributed by atoms with E-state index in [1.54, 1.807) is 11.8 Å². The predicted octanol–water partition coefficient (Wildman–Crippen LogP) is 2.07. The van der Waals surface area contributed by atoms with Crippen molar-refractivity contribution in [3.05, 3.63) is 0 Å². The van der Waals surface area contributed by atoms with Crippen LogP contribution in [0.1, 0.15) is 32.6 Å². The lowest BCUT2D eigenvalue weighted by molar-refractivity contribution is -0.136. The number of aliphatic carboxylic acids is 1. The summed E-state index contributed by atoms with van der Waals surface area (Å²) in [5.41, 5.74) is 0. The monoisotopic (exact) mass is 231 g/mol. The van der Waals surface area contributed by atoms with Crippen LogP contribution in [-0.4, -0.2) is 46.6 Å². The molecule has 0 radical (unpaired) electrons. The zero-order chi connectivity index (χ0) is 11.1. The molecule has 0 aromatic heterocycles. The van der Waals surface area contributed by atoms with Crippen LogP contribution in [0.2, 0.25) is 0 Å². The van der Waals surface area contributed by atoms with Crippen LogP contribution in [0.3, 0.4) is 0 Å². The minimum Gasteiger partial charge on any atom is -0.481 e. The Morgan fingerprint density at radius 3 is 2.73 bits per heavy atom. The van der Waals surface area contributed by atoms with Gasteiger partial charge in [-0.05, 0) is 44.6 Å². The number of carboxylic acid groups (broad SMARTS) is 1. The van der Waals surface area contributed by atoms with Crippen molar-refractivity contribution in [2.24, 2.45) is 0 Å². The van der Waals surface area contributed by atoms with Gasteiger partial charge in [0.1, 0.15) is 0 Å². The lowest BCUT2D eigenvalue weighted by Crippen LogP contribution is -2.21. The molecule has 0 saturated carbocycles. The van der Waals surface area contributed by atoms with E-state index in [1.807, 2.05) is 6.92 Å². The first-order valence-electron chi connectivity index (χ1n) is 5.74. The van der Waals surface area contributed by atoms with E-state index in [4.69, 9.17) is 5.11 Å². The highest BCUT2D eigenvalue weighted by atomic mass is 32.2. The third-order valence-electron chi connectivity index (χ3n) is 2.68. The Balaban J connectivity index is 1.93. The zero-order valence-corrected chi connectivity index (χ0v) is 10.3. The van der Waals surface area contributed by atoms with Crippen molar-refractivity contribution in [3.8, 4) is 0 Å². The average molecular weight is 231 g/mol. The molecule has 1 rings (SSSR count). The van der Waals surface area contributed by atoms with Crippen LogP contribution in [0, 0.1) is 0 Å². The minimum absolute atomic E-state index is 0.251. The Hall–Kier alpha value is -0.220. The molecule has 0 aromatic rings. The maximum absolute atomic E-state index is 10.4. The van der Waals surface area contributed by atoms with Crippen molar-refractivity contribution in [1.29, 1.82) is 0 Å². The summed E-state index contributed by atoms with van der Waals surface area (Å²) >= 11 is 1.78. The number of nitrogens with zero attached hydrogens (tertiary/aromatic N) is 1. The van der Waals surface area contributed by atoms with Gasteiger partial charge < -0.3 is 10.0 Å². The van der Waals surface area contributed by atoms with Gasteiger partial charge in [0.05, 0.1) is 6.42 Å². The normalized spacial score (nSPS) is 19.3. The summed E-state index contributed by atoms with van der Waals surface area (Å²) < 4.78 is 0. The van der Waals surface area contributed by atoms with Crippen LogP contribution in [0.5, 0.6) is 0 Å². The fourth-order valence-corrected chi connectivity index (χ4v) is 2.84. The van der Waals surface area contributed by atoms with Crippen molar-refractivity contribution >= 4 is 17.7 Å². The number of thioether (sulfide) groups is 1. The molecular weight excluding hydrogens is 210 g/mol. The standard InChI is InChI=1S/C11H21NO2S/c1-10(9-11(13)14)15-8-4-7-12-5-2-3-6-12/h10H,2-9H2,1H3,(H,13,14). The second-order valence-electron chi connectivity index (χ2n) is 4.18. The first-order chi connectivity index (χ1) is 7.18. The zero-order valence-electron chi connectivity index (χ0n) is 9.45. The van der Waals surface area contributed by atoms with E-state index in [1.165, 1.54) is 38.9 Å². The molecule has 15 heavy (non-hydrogen) atoms. The van der Waals surface area contributed by atoms with E-state index in [-0.39, 0.29) is 11.7 Å². The molecule has 0 aliphatic carbocycles. The third kappa shape index (κ3) is 6.05. The molecule has 3 nitrogen and oxygen atoms in total. The van der Waals surface area contributed by atoms with Gasteiger partial charge >= 0.3 is 5.97 Å². The number of carbonyl (C=O) groups is 1. The molecule has 1 saturated heterocycles. The molecule has 1 aliphatic rings. The van der Waals surface area contributed by atoms with Crippen molar-refractivity contribution in [3.63, 3.8) is 0 Å².